The molecule has 2 aromatic heterocycles. The lowest BCUT2D eigenvalue weighted by Crippen LogP contribution is -2.19. The van der Waals surface area contributed by atoms with Crippen LogP contribution >= 0.6 is 0 Å². The molecule has 1 aliphatic rings. The molecule has 31 heavy (non-hydrogen) atoms. The van der Waals surface area contributed by atoms with Crippen LogP contribution in [0.25, 0.3) is 11.3 Å². The molecule has 1 amide bonds. The lowest BCUT2D eigenvalue weighted by Gasteiger charge is -2.09. The van der Waals surface area contributed by atoms with Gasteiger partial charge in [-0.1, -0.05) is 18.2 Å². The summed E-state index contributed by atoms with van der Waals surface area (Å²) in [6.07, 6.45) is 4.51. The molecule has 1 fully saturated rings. The summed E-state index contributed by atoms with van der Waals surface area (Å²) in [5, 5.41) is 2.47. The van der Waals surface area contributed by atoms with E-state index in [2.05, 4.69) is 25.0 Å². The minimum Gasteiger partial charge on any atom is -0.480 e. The van der Waals surface area contributed by atoms with Gasteiger partial charge in [-0.15, -0.1) is 0 Å². The Hall–Kier alpha value is -3.53. The average molecular weight is 439 g/mol. The van der Waals surface area contributed by atoms with Crippen LogP contribution in [0.1, 0.15) is 18.5 Å². The lowest BCUT2D eigenvalue weighted by molar-refractivity contribution is -0.115. The van der Waals surface area contributed by atoms with E-state index >= 15 is 0 Å². The van der Waals surface area contributed by atoms with Crippen LogP contribution in [-0.2, 0) is 21.2 Å². The molecule has 10 heteroatoms. The van der Waals surface area contributed by atoms with Crippen molar-refractivity contribution in [2.45, 2.75) is 24.5 Å². The molecule has 0 saturated heterocycles. The summed E-state index contributed by atoms with van der Waals surface area (Å²) in [5.74, 6) is 0.383. The minimum atomic E-state index is -3.40. The molecule has 0 spiro atoms. The number of ether oxygens (including phenoxy) is 1. The molecule has 0 atom stereocenters. The largest absolute Gasteiger partial charge is 0.480 e. The molecule has 9 nitrogen and oxygen atoms in total. The highest BCUT2D eigenvalue weighted by atomic mass is 32.2. The highest BCUT2D eigenvalue weighted by Crippen LogP contribution is 2.29. The van der Waals surface area contributed by atoms with Crippen LogP contribution in [0.3, 0.4) is 0 Å². The molecule has 3 aromatic rings. The fraction of sp³-hybridized carbons (Fsp3) is 0.238. The van der Waals surface area contributed by atoms with Crippen molar-refractivity contribution in [2.24, 2.45) is 0 Å². The number of sulfonamides is 1. The van der Waals surface area contributed by atoms with Gasteiger partial charge in [-0.05, 0) is 37.1 Å². The van der Waals surface area contributed by atoms with Crippen LogP contribution in [0.15, 0.2) is 54.9 Å². The van der Waals surface area contributed by atoms with Crippen molar-refractivity contribution >= 4 is 27.4 Å². The quantitative estimate of drug-likeness (QED) is 0.553. The average Bonchev–Trinajstić information content (AvgIpc) is 3.60. The Morgan fingerprint density at radius 1 is 1.10 bits per heavy atom. The Balaban J connectivity index is 1.38. The van der Waals surface area contributed by atoms with E-state index in [4.69, 9.17) is 4.74 Å². The van der Waals surface area contributed by atoms with Gasteiger partial charge in [0.1, 0.15) is 5.82 Å². The van der Waals surface area contributed by atoms with Gasteiger partial charge >= 0.3 is 0 Å². The summed E-state index contributed by atoms with van der Waals surface area (Å²) in [4.78, 5) is 25.1. The Morgan fingerprint density at radius 2 is 1.87 bits per heavy atom. The Labute approximate surface area is 180 Å². The van der Waals surface area contributed by atoms with E-state index in [0.29, 0.717) is 35.8 Å². The van der Waals surface area contributed by atoms with Gasteiger partial charge in [0, 0.05) is 11.3 Å². The molecule has 0 bridgehead atoms. The van der Waals surface area contributed by atoms with Crippen molar-refractivity contribution in [2.75, 3.05) is 17.1 Å². The van der Waals surface area contributed by atoms with Crippen molar-refractivity contribution in [1.29, 1.82) is 0 Å². The summed E-state index contributed by atoms with van der Waals surface area (Å²) in [5.41, 5.74) is 2.58. The Morgan fingerprint density at radius 3 is 2.58 bits per heavy atom. The zero-order valence-corrected chi connectivity index (χ0v) is 17.6. The number of hydrogen-bond acceptors (Lipinski definition) is 7. The second kappa shape index (κ2) is 8.68. The molecular weight excluding hydrogens is 418 g/mol. The third kappa shape index (κ3) is 5.34. The zero-order valence-electron chi connectivity index (χ0n) is 16.8. The number of pyridine rings is 1. The van der Waals surface area contributed by atoms with Crippen molar-refractivity contribution in [3.05, 3.63) is 60.6 Å². The van der Waals surface area contributed by atoms with Gasteiger partial charge in [0.05, 0.1) is 42.6 Å². The van der Waals surface area contributed by atoms with Crippen molar-refractivity contribution in [3.63, 3.8) is 0 Å². The maximum Gasteiger partial charge on any atom is 0.236 e. The molecule has 0 aliphatic heterocycles. The zero-order chi connectivity index (χ0) is 21.8. The summed E-state index contributed by atoms with van der Waals surface area (Å²) >= 11 is 0. The lowest BCUT2D eigenvalue weighted by atomic mass is 10.1. The van der Waals surface area contributed by atoms with Crippen molar-refractivity contribution in [1.82, 2.24) is 15.0 Å². The van der Waals surface area contributed by atoms with Gasteiger partial charge in [-0.25, -0.2) is 18.4 Å². The first kappa shape index (κ1) is 20.7. The maximum absolute atomic E-state index is 12.4. The predicted octanol–water partition coefficient (Wildman–Crippen LogP) is 2.63. The molecule has 1 aromatic carbocycles. The summed E-state index contributed by atoms with van der Waals surface area (Å²) in [7, 11) is -1.87. The van der Waals surface area contributed by atoms with Gasteiger partial charge in [0.25, 0.3) is 0 Å². The van der Waals surface area contributed by atoms with E-state index in [1.807, 2.05) is 12.1 Å². The molecule has 0 unspecified atom stereocenters. The van der Waals surface area contributed by atoms with Crippen LogP contribution < -0.4 is 14.8 Å². The standard InChI is InChI=1S/C21H21N5O4S/c1-30-21-13-22-12-18(25-21)14-5-7-15(8-6-14)24-20(27)11-16-3-2-4-19(23-16)26-31(28,29)17-9-10-17/h2-8,12-13,17H,9-11H2,1H3,(H,23,26)(H,24,27). The molecule has 160 valence electrons. The Kier molecular flexibility index (Phi) is 5.81. The second-order valence-electron chi connectivity index (χ2n) is 7.11. The van der Waals surface area contributed by atoms with Crippen LogP contribution in [0.2, 0.25) is 0 Å². The van der Waals surface area contributed by atoms with Crippen molar-refractivity contribution < 1.29 is 17.9 Å². The highest BCUT2D eigenvalue weighted by Gasteiger charge is 2.35. The fourth-order valence-electron chi connectivity index (χ4n) is 2.92. The molecular formula is C21H21N5O4S. The first-order chi connectivity index (χ1) is 14.9. The smallest absolute Gasteiger partial charge is 0.236 e. The number of anilines is 2. The van der Waals surface area contributed by atoms with Crippen LogP contribution in [0.5, 0.6) is 5.88 Å². The third-order valence-corrected chi connectivity index (χ3v) is 6.49. The van der Waals surface area contributed by atoms with E-state index in [0.717, 1.165) is 5.56 Å². The Bertz CT molecular complexity index is 1190. The molecule has 2 heterocycles. The minimum absolute atomic E-state index is 0.0160. The van der Waals surface area contributed by atoms with E-state index < -0.39 is 10.0 Å². The van der Waals surface area contributed by atoms with E-state index in [1.54, 1.807) is 36.5 Å². The highest BCUT2D eigenvalue weighted by molar-refractivity contribution is 7.93. The van der Waals surface area contributed by atoms with Gasteiger partial charge < -0.3 is 10.1 Å². The number of methoxy groups -OCH3 is 1. The van der Waals surface area contributed by atoms with Crippen LogP contribution in [-0.4, -0.2) is 41.6 Å². The number of aromatic nitrogens is 3. The van der Waals surface area contributed by atoms with Crippen molar-refractivity contribution in [3.8, 4) is 17.1 Å². The number of nitrogens with one attached hydrogen (secondary N) is 2. The molecule has 4 rings (SSSR count). The predicted molar refractivity (Wildman–Crippen MR) is 116 cm³/mol. The summed E-state index contributed by atoms with van der Waals surface area (Å²) in [6, 6.07) is 12.1. The fourth-order valence-corrected chi connectivity index (χ4v) is 4.25. The van der Waals surface area contributed by atoms with Crippen LogP contribution in [0.4, 0.5) is 11.5 Å². The second-order valence-corrected chi connectivity index (χ2v) is 9.07. The number of carbonyl (C=O) groups excluding carboxylic acids is 1. The number of nitrogens with zero attached hydrogens (tertiary/aromatic N) is 3. The van der Waals surface area contributed by atoms with Crippen LogP contribution in [0, 0.1) is 0 Å². The third-order valence-electron chi connectivity index (χ3n) is 4.64. The normalized spacial score (nSPS) is 13.5. The van der Waals surface area contributed by atoms with E-state index in [-0.39, 0.29) is 23.4 Å². The number of amides is 1. The SMILES string of the molecule is COc1cncc(-c2ccc(NC(=O)Cc3cccc(NS(=O)(=O)C4CC4)n3)cc2)n1. The van der Waals surface area contributed by atoms with Gasteiger partial charge in [0.15, 0.2) is 0 Å². The molecule has 1 aliphatic carbocycles. The topological polar surface area (TPSA) is 123 Å². The summed E-state index contributed by atoms with van der Waals surface area (Å²) in [6.45, 7) is 0. The van der Waals surface area contributed by atoms with Gasteiger partial charge in [-0.2, -0.15) is 0 Å². The number of rotatable bonds is 8. The number of benzene rings is 1. The summed E-state index contributed by atoms with van der Waals surface area (Å²) < 4.78 is 31.7. The molecule has 0 radical (unpaired) electrons. The van der Waals surface area contributed by atoms with Gasteiger partial charge in [-0.3, -0.25) is 14.5 Å². The number of carbonyl (C=O) groups is 1. The number of hydrogen-bond donors (Lipinski definition) is 2. The van der Waals surface area contributed by atoms with Gasteiger partial charge in [0.2, 0.25) is 21.8 Å². The monoisotopic (exact) mass is 439 g/mol. The van der Waals surface area contributed by atoms with E-state index in [1.165, 1.54) is 13.3 Å². The first-order valence-electron chi connectivity index (χ1n) is 9.67. The molecule has 2 N–H and O–H groups in total. The van der Waals surface area contributed by atoms with E-state index in [9.17, 15) is 13.2 Å². The first-order valence-corrected chi connectivity index (χ1v) is 11.2. The molecule has 1 saturated carbocycles. The maximum atomic E-state index is 12.4.